The van der Waals surface area contributed by atoms with Gasteiger partial charge >= 0.3 is 0 Å². The molecule has 0 radical (unpaired) electrons. The minimum atomic E-state index is 0.137. The molecule has 0 bridgehead atoms. The number of carbonyl (C=O) groups excluding carboxylic acids is 1. The van der Waals surface area contributed by atoms with Gasteiger partial charge in [-0.2, -0.15) is 5.10 Å². The molecular weight excluding hydrogens is 416 g/mol. The normalized spacial score (nSPS) is 16.3. The van der Waals surface area contributed by atoms with E-state index in [2.05, 4.69) is 30.5 Å². The van der Waals surface area contributed by atoms with Crippen LogP contribution in [0.2, 0.25) is 0 Å². The maximum absolute atomic E-state index is 13.1. The number of hydrogen-bond acceptors (Lipinski definition) is 6. The molecule has 2 N–H and O–H groups in total. The number of H-pyrrole nitrogens is 1. The summed E-state index contributed by atoms with van der Waals surface area (Å²) in [6.45, 7) is 5.72. The Balaban J connectivity index is 1.24. The zero-order valence-electron chi connectivity index (χ0n) is 19.0. The Morgan fingerprint density at radius 3 is 2.91 bits per heavy atom. The highest BCUT2D eigenvalue weighted by molar-refractivity contribution is 5.80. The predicted octanol–water partition coefficient (Wildman–Crippen LogP) is 3.39. The molecule has 9 heteroatoms. The SMILES string of the molecule is Cc1nc(C[C@H]2CCCN(C(=O)Cn3cnc4ccccc43)C2)cc(Nc2cc(C)[nH]n2)n1. The fourth-order valence-corrected chi connectivity index (χ4v) is 4.55. The van der Waals surface area contributed by atoms with E-state index in [9.17, 15) is 4.79 Å². The van der Waals surface area contributed by atoms with E-state index < -0.39 is 0 Å². The van der Waals surface area contributed by atoms with Gasteiger partial charge in [-0.15, -0.1) is 0 Å². The molecule has 9 nitrogen and oxygen atoms in total. The van der Waals surface area contributed by atoms with Gasteiger partial charge in [-0.25, -0.2) is 15.0 Å². The number of aryl methyl sites for hydroxylation is 2. The van der Waals surface area contributed by atoms with Crippen molar-refractivity contribution in [1.82, 2.24) is 34.6 Å². The quantitative estimate of drug-likeness (QED) is 0.472. The van der Waals surface area contributed by atoms with E-state index in [1.165, 1.54) is 0 Å². The van der Waals surface area contributed by atoms with Crippen LogP contribution >= 0.6 is 0 Å². The standard InChI is InChI=1S/C24H28N8O/c1-16-10-23(30-29-16)28-22-12-19(26-17(2)27-22)11-18-6-5-9-31(13-18)24(33)14-32-15-25-20-7-3-4-8-21(20)32/h3-4,7-8,10,12,15,18H,5-6,9,11,13-14H2,1-2H3,(H2,26,27,28,29,30)/t18-/m1/s1. The molecule has 0 aliphatic carbocycles. The third-order valence-electron chi connectivity index (χ3n) is 6.06. The second kappa shape index (κ2) is 9.01. The smallest absolute Gasteiger partial charge is 0.242 e. The van der Waals surface area contributed by atoms with Crippen molar-refractivity contribution in [3.8, 4) is 0 Å². The van der Waals surface area contributed by atoms with Crippen LogP contribution in [-0.4, -0.2) is 53.6 Å². The van der Waals surface area contributed by atoms with Crippen LogP contribution in [0.15, 0.2) is 42.7 Å². The summed E-state index contributed by atoms with van der Waals surface area (Å²) in [5.74, 6) is 2.70. The zero-order chi connectivity index (χ0) is 22.8. The molecule has 0 unspecified atom stereocenters. The maximum Gasteiger partial charge on any atom is 0.242 e. The summed E-state index contributed by atoms with van der Waals surface area (Å²) in [4.78, 5) is 28.6. The molecule has 0 spiro atoms. The van der Waals surface area contributed by atoms with Gasteiger partial charge < -0.3 is 14.8 Å². The fourth-order valence-electron chi connectivity index (χ4n) is 4.55. The molecule has 1 atom stereocenters. The van der Waals surface area contributed by atoms with E-state index in [0.29, 0.717) is 12.5 Å². The van der Waals surface area contributed by atoms with Crippen LogP contribution in [0.5, 0.6) is 0 Å². The Labute approximate surface area is 192 Å². The average Bonchev–Trinajstić information content (AvgIpc) is 3.39. The van der Waals surface area contributed by atoms with Crippen molar-refractivity contribution in [2.45, 2.75) is 39.7 Å². The Hall–Kier alpha value is -3.75. The number of aromatic amines is 1. The summed E-state index contributed by atoms with van der Waals surface area (Å²) >= 11 is 0. The molecular formula is C24H28N8O. The first-order valence-corrected chi connectivity index (χ1v) is 11.3. The van der Waals surface area contributed by atoms with E-state index >= 15 is 0 Å². The monoisotopic (exact) mass is 444 g/mol. The van der Waals surface area contributed by atoms with Crippen LogP contribution in [0.4, 0.5) is 11.6 Å². The Bertz CT molecular complexity index is 1280. The highest BCUT2D eigenvalue weighted by Gasteiger charge is 2.25. The molecule has 1 aliphatic rings. The second-order valence-electron chi connectivity index (χ2n) is 8.77. The number of rotatable bonds is 6. The van der Waals surface area contributed by atoms with E-state index in [1.807, 2.05) is 59.7 Å². The molecule has 0 saturated carbocycles. The second-order valence-corrected chi connectivity index (χ2v) is 8.77. The van der Waals surface area contributed by atoms with E-state index in [0.717, 1.165) is 72.2 Å². The van der Waals surface area contributed by atoms with Crippen molar-refractivity contribution >= 4 is 28.6 Å². The van der Waals surface area contributed by atoms with Gasteiger partial charge in [0.2, 0.25) is 5.91 Å². The minimum absolute atomic E-state index is 0.137. The lowest BCUT2D eigenvalue weighted by molar-refractivity contribution is -0.133. The number of piperidine rings is 1. The van der Waals surface area contributed by atoms with Gasteiger partial charge in [0.25, 0.3) is 0 Å². The van der Waals surface area contributed by atoms with Gasteiger partial charge in [0.15, 0.2) is 5.82 Å². The van der Waals surface area contributed by atoms with Crippen molar-refractivity contribution in [3.05, 3.63) is 59.9 Å². The lowest BCUT2D eigenvalue weighted by atomic mass is 9.93. The molecule has 1 aromatic carbocycles. The maximum atomic E-state index is 13.1. The average molecular weight is 445 g/mol. The Morgan fingerprint density at radius 1 is 1.18 bits per heavy atom. The highest BCUT2D eigenvalue weighted by atomic mass is 16.2. The van der Waals surface area contributed by atoms with Crippen molar-refractivity contribution in [1.29, 1.82) is 0 Å². The summed E-state index contributed by atoms with van der Waals surface area (Å²) in [5.41, 5.74) is 3.87. The number of likely N-dealkylation sites (tertiary alicyclic amines) is 1. The molecule has 1 aliphatic heterocycles. The third kappa shape index (κ3) is 4.87. The summed E-state index contributed by atoms with van der Waals surface area (Å²) in [7, 11) is 0. The van der Waals surface area contributed by atoms with Crippen LogP contribution < -0.4 is 5.32 Å². The molecule has 1 saturated heterocycles. The number of imidazole rings is 1. The first-order valence-electron chi connectivity index (χ1n) is 11.3. The number of fused-ring (bicyclic) bond motifs is 1. The zero-order valence-corrected chi connectivity index (χ0v) is 19.0. The van der Waals surface area contributed by atoms with E-state index in [4.69, 9.17) is 0 Å². The van der Waals surface area contributed by atoms with Crippen molar-refractivity contribution < 1.29 is 4.79 Å². The highest BCUT2D eigenvalue weighted by Crippen LogP contribution is 2.23. The minimum Gasteiger partial charge on any atom is -0.341 e. The summed E-state index contributed by atoms with van der Waals surface area (Å²) in [6.07, 6.45) is 4.66. The molecule has 5 rings (SSSR count). The van der Waals surface area contributed by atoms with Crippen LogP contribution in [-0.2, 0) is 17.8 Å². The van der Waals surface area contributed by atoms with Gasteiger partial charge in [-0.3, -0.25) is 9.89 Å². The Morgan fingerprint density at radius 2 is 2.06 bits per heavy atom. The first kappa shape index (κ1) is 21.1. The molecule has 33 heavy (non-hydrogen) atoms. The van der Waals surface area contributed by atoms with Gasteiger partial charge in [0.1, 0.15) is 18.2 Å². The number of nitrogens with one attached hydrogen (secondary N) is 2. The molecule has 1 amide bonds. The summed E-state index contributed by atoms with van der Waals surface area (Å²) in [5, 5.41) is 10.4. The van der Waals surface area contributed by atoms with Gasteiger partial charge in [-0.1, -0.05) is 12.1 Å². The number of para-hydroxylation sites is 2. The number of carbonyl (C=O) groups is 1. The van der Waals surface area contributed by atoms with Crippen LogP contribution in [0, 0.1) is 19.8 Å². The number of aromatic nitrogens is 6. The number of nitrogens with zero attached hydrogens (tertiary/aromatic N) is 6. The summed E-state index contributed by atoms with van der Waals surface area (Å²) in [6, 6.07) is 11.8. The van der Waals surface area contributed by atoms with Crippen molar-refractivity contribution in [2.24, 2.45) is 5.92 Å². The van der Waals surface area contributed by atoms with Crippen molar-refractivity contribution in [3.63, 3.8) is 0 Å². The fraction of sp³-hybridized carbons (Fsp3) is 0.375. The van der Waals surface area contributed by atoms with Gasteiger partial charge in [0, 0.05) is 36.6 Å². The molecule has 3 aromatic heterocycles. The molecule has 1 fully saturated rings. The lowest BCUT2D eigenvalue weighted by Crippen LogP contribution is -2.42. The van der Waals surface area contributed by atoms with Crippen LogP contribution in [0.3, 0.4) is 0 Å². The van der Waals surface area contributed by atoms with Crippen LogP contribution in [0.25, 0.3) is 11.0 Å². The Kier molecular flexibility index (Phi) is 5.77. The van der Waals surface area contributed by atoms with E-state index in [-0.39, 0.29) is 5.91 Å². The third-order valence-corrected chi connectivity index (χ3v) is 6.06. The molecule has 170 valence electrons. The van der Waals surface area contributed by atoms with Gasteiger partial charge in [-0.05, 0) is 51.2 Å². The topological polar surface area (TPSA) is 105 Å². The number of benzene rings is 1. The van der Waals surface area contributed by atoms with Gasteiger partial charge in [0.05, 0.1) is 17.4 Å². The first-order chi connectivity index (χ1) is 16.0. The summed E-state index contributed by atoms with van der Waals surface area (Å²) < 4.78 is 1.93. The number of amides is 1. The molecule has 4 heterocycles. The number of anilines is 2. The molecule has 4 aromatic rings. The largest absolute Gasteiger partial charge is 0.341 e. The van der Waals surface area contributed by atoms with E-state index in [1.54, 1.807) is 6.33 Å². The predicted molar refractivity (Wildman–Crippen MR) is 126 cm³/mol. The number of hydrogen-bond donors (Lipinski definition) is 2. The van der Waals surface area contributed by atoms with Crippen LogP contribution in [0.1, 0.15) is 30.1 Å². The lowest BCUT2D eigenvalue weighted by Gasteiger charge is -2.33. The van der Waals surface area contributed by atoms with Crippen molar-refractivity contribution in [2.75, 3.05) is 18.4 Å².